The molecule has 0 spiro atoms. The molecule has 1 fully saturated rings. The molecule has 1 aromatic carbocycles. The zero-order chi connectivity index (χ0) is 16.5. The molecule has 1 aliphatic rings. The highest BCUT2D eigenvalue weighted by Gasteiger charge is 2.17. The molecule has 0 radical (unpaired) electrons. The Balaban J connectivity index is 1.72. The summed E-state index contributed by atoms with van der Waals surface area (Å²) >= 11 is 0. The summed E-state index contributed by atoms with van der Waals surface area (Å²) in [4.78, 5) is 25.6. The minimum atomic E-state index is -0.178. The number of nitrogens with zero attached hydrogens (tertiary/aromatic N) is 1. The first-order valence-electron chi connectivity index (χ1n) is 7.77. The van der Waals surface area contributed by atoms with Crippen molar-refractivity contribution in [3.8, 4) is 5.75 Å². The molecular weight excluding hydrogens is 298 g/mol. The molecule has 2 amide bonds. The Bertz CT molecular complexity index is 513. The second kappa shape index (κ2) is 9.12. The Morgan fingerprint density at radius 3 is 2.52 bits per heavy atom. The third kappa shape index (κ3) is 5.88. The van der Waals surface area contributed by atoms with Crippen LogP contribution in [0.1, 0.15) is 12.8 Å². The van der Waals surface area contributed by atoms with Crippen LogP contribution in [-0.2, 0) is 14.3 Å². The molecule has 0 unspecified atom stereocenters. The van der Waals surface area contributed by atoms with Crippen molar-refractivity contribution in [3.63, 3.8) is 0 Å². The van der Waals surface area contributed by atoms with Crippen LogP contribution in [0.3, 0.4) is 0 Å². The van der Waals surface area contributed by atoms with Gasteiger partial charge in [0, 0.05) is 38.2 Å². The van der Waals surface area contributed by atoms with Crippen molar-refractivity contribution in [2.45, 2.75) is 12.8 Å². The number of nitrogens with two attached hydrogens (primary N) is 1. The number of ether oxygens (including phenoxy) is 2. The maximum absolute atomic E-state index is 12.0. The van der Waals surface area contributed by atoms with Gasteiger partial charge in [-0.2, -0.15) is 0 Å². The molecule has 0 aromatic heterocycles. The number of benzene rings is 1. The highest BCUT2D eigenvalue weighted by atomic mass is 16.5. The van der Waals surface area contributed by atoms with Crippen molar-refractivity contribution in [2.24, 2.45) is 5.73 Å². The Hall–Kier alpha value is -2.12. The summed E-state index contributed by atoms with van der Waals surface area (Å²) < 4.78 is 10.6. The van der Waals surface area contributed by atoms with Crippen LogP contribution in [0.4, 0.5) is 5.69 Å². The number of carbonyl (C=O) groups excluding carboxylic acids is 2. The Morgan fingerprint density at radius 1 is 1.17 bits per heavy atom. The zero-order valence-electron chi connectivity index (χ0n) is 13.1. The third-order valence-corrected chi connectivity index (χ3v) is 3.45. The van der Waals surface area contributed by atoms with Crippen LogP contribution in [0.15, 0.2) is 24.3 Å². The maximum Gasteiger partial charge on any atom is 0.224 e. The predicted octanol–water partition coefficient (Wildman–Crippen LogP) is 0.602. The van der Waals surface area contributed by atoms with Crippen LogP contribution < -0.4 is 15.8 Å². The monoisotopic (exact) mass is 321 g/mol. The van der Waals surface area contributed by atoms with E-state index in [-0.39, 0.29) is 24.7 Å². The van der Waals surface area contributed by atoms with Crippen molar-refractivity contribution < 1.29 is 19.1 Å². The van der Waals surface area contributed by atoms with Crippen LogP contribution in [0.2, 0.25) is 0 Å². The first-order valence-corrected chi connectivity index (χ1v) is 7.77. The van der Waals surface area contributed by atoms with Gasteiger partial charge in [-0.3, -0.25) is 9.59 Å². The lowest BCUT2D eigenvalue weighted by Crippen LogP contribution is -2.40. The van der Waals surface area contributed by atoms with E-state index in [4.69, 9.17) is 15.2 Å². The van der Waals surface area contributed by atoms with E-state index < -0.39 is 0 Å². The topological polar surface area (TPSA) is 93.9 Å². The lowest BCUT2D eigenvalue weighted by atomic mass is 10.2. The molecule has 0 saturated carbocycles. The summed E-state index contributed by atoms with van der Waals surface area (Å²) in [7, 11) is 0. The van der Waals surface area contributed by atoms with E-state index >= 15 is 0 Å². The van der Waals surface area contributed by atoms with Crippen molar-refractivity contribution in [1.82, 2.24) is 4.90 Å². The van der Waals surface area contributed by atoms with Crippen molar-refractivity contribution >= 4 is 17.5 Å². The highest BCUT2D eigenvalue weighted by molar-refractivity contribution is 5.93. The van der Waals surface area contributed by atoms with Crippen molar-refractivity contribution in [3.05, 3.63) is 24.3 Å². The second-order valence-corrected chi connectivity index (χ2v) is 5.20. The summed E-state index contributed by atoms with van der Waals surface area (Å²) in [6, 6.07) is 7.05. The summed E-state index contributed by atoms with van der Waals surface area (Å²) in [6.07, 6.45) is 0.380. The largest absolute Gasteiger partial charge is 0.492 e. The molecule has 1 aromatic rings. The number of morpholine rings is 1. The van der Waals surface area contributed by atoms with Gasteiger partial charge in [0.15, 0.2) is 0 Å². The van der Waals surface area contributed by atoms with Crippen molar-refractivity contribution in [2.75, 3.05) is 44.8 Å². The number of hydrogen-bond donors (Lipinski definition) is 2. The van der Waals surface area contributed by atoms with E-state index in [1.807, 2.05) is 0 Å². The predicted molar refractivity (Wildman–Crippen MR) is 86.3 cm³/mol. The Labute approximate surface area is 135 Å². The molecule has 1 heterocycles. The summed E-state index contributed by atoms with van der Waals surface area (Å²) in [5.41, 5.74) is 6.04. The van der Waals surface area contributed by atoms with Crippen molar-refractivity contribution in [1.29, 1.82) is 0 Å². The van der Waals surface area contributed by atoms with Gasteiger partial charge in [0.2, 0.25) is 11.8 Å². The van der Waals surface area contributed by atoms with E-state index in [2.05, 4.69) is 5.32 Å². The van der Waals surface area contributed by atoms with Gasteiger partial charge in [-0.1, -0.05) is 0 Å². The third-order valence-electron chi connectivity index (χ3n) is 3.45. The molecule has 23 heavy (non-hydrogen) atoms. The Morgan fingerprint density at radius 2 is 1.87 bits per heavy atom. The average molecular weight is 321 g/mol. The van der Waals surface area contributed by atoms with E-state index in [0.29, 0.717) is 50.9 Å². The fraction of sp³-hybridized carbons (Fsp3) is 0.500. The molecule has 0 bridgehead atoms. The van der Waals surface area contributed by atoms with Crippen LogP contribution in [0, 0.1) is 0 Å². The lowest BCUT2D eigenvalue weighted by Gasteiger charge is -2.26. The fourth-order valence-electron chi connectivity index (χ4n) is 2.23. The van der Waals surface area contributed by atoms with E-state index in [9.17, 15) is 9.59 Å². The first-order chi connectivity index (χ1) is 11.2. The van der Waals surface area contributed by atoms with Gasteiger partial charge in [-0.25, -0.2) is 0 Å². The minimum absolute atomic E-state index is 0.00557. The van der Waals surface area contributed by atoms with Gasteiger partial charge in [0.25, 0.3) is 0 Å². The van der Waals surface area contributed by atoms with E-state index in [1.165, 1.54) is 0 Å². The summed E-state index contributed by atoms with van der Waals surface area (Å²) in [5, 5.41) is 2.77. The average Bonchev–Trinajstić information content (AvgIpc) is 2.60. The molecule has 0 atom stereocenters. The lowest BCUT2D eigenvalue weighted by molar-refractivity contribution is -0.136. The van der Waals surface area contributed by atoms with E-state index in [0.717, 1.165) is 0 Å². The van der Waals surface area contributed by atoms with Gasteiger partial charge in [-0.15, -0.1) is 0 Å². The van der Waals surface area contributed by atoms with Gasteiger partial charge >= 0.3 is 0 Å². The maximum atomic E-state index is 12.0. The number of carbonyl (C=O) groups is 2. The van der Waals surface area contributed by atoms with Crippen LogP contribution >= 0.6 is 0 Å². The van der Waals surface area contributed by atoms with Gasteiger partial charge in [0.1, 0.15) is 12.4 Å². The Kier molecular flexibility index (Phi) is 6.83. The molecular formula is C16H23N3O4. The number of hydrogen-bond acceptors (Lipinski definition) is 5. The number of rotatable bonds is 7. The molecule has 3 N–H and O–H groups in total. The molecule has 2 rings (SSSR count). The number of amides is 2. The highest BCUT2D eigenvalue weighted by Crippen LogP contribution is 2.16. The standard InChI is InChI=1S/C16H23N3O4/c17-7-10-23-14-3-1-13(2-4-14)18-15(20)5-6-16(21)19-8-11-22-12-9-19/h1-4H,5-12,17H2,(H,18,20). The van der Waals surface area contributed by atoms with Gasteiger partial charge in [-0.05, 0) is 24.3 Å². The fourth-order valence-corrected chi connectivity index (χ4v) is 2.23. The van der Waals surface area contributed by atoms with Gasteiger partial charge < -0.3 is 25.4 Å². The van der Waals surface area contributed by atoms with Crippen LogP contribution in [-0.4, -0.2) is 56.2 Å². The molecule has 1 saturated heterocycles. The summed E-state index contributed by atoms with van der Waals surface area (Å²) in [5.74, 6) is 0.521. The van der Waals surface area contributed by atoms with E-state index in [1.54, 1.807) is 29.2 Å². The number of anilines is 1. The molecule has 7 nitrogen and oxygen atoms in total. The molecule has 126 valence electrons. The second-order valence-electron chi connectivity index (χ2n) is 5.20. The number of nitrogens with one attached hydrogen (secondary N) is 1. The smallest absolute Gasteiger partial charge is 0.224 e. The van der Waals surface area contributed by atoms with Crippen LogP contribution in [0.25, 0.3) is 0 Å². The molecule has 7 heteroatoms. The first kappa shape index (κ1) is 17.2. The minimum Gasteiger partial charge on any atom is -0.492 e. The quantitative estimate of drug-likeness (QED) is 0.767. The zero-order valence-corrected chi connectivity index (χ0v) is 13.1. The normalized spacial score (nSPS) is 14.4. The van der Waals surface area contributed by atoms with Gasteiger partial charge in [0.05, 0.1) is 13.2 Å². The van der Waals surface area contributed by atoms with Crippen LogP contribution in [0.5, 0.6) is 5.75 Å². The molecule has 1 aliphatic heterocycles. The summed E-state index contributed by atoms with van der Waals surface area (Å²) in [6.45, 7) is 3.24. The molecule has 0 aliphatic carbocycles. The SMILES string of the molecule is NCCOc1ccc(NC(=O)CCC(=O)N2CCOCC2)cc1.